The van der Waals surface area contributed by atoms with Gasteiger partial charge in [0.15, 0.2) is 6.61 Å². The van der Waals surface area contributed by atoms with Crippen LogP contribution < -0.4 is 15.0 Å². The maximum Gasteiger partial charge on any atom is 0.265 e. The first-order chi connectivity index (χ1) is 12.6. The van der Waals surface area contributed by atoms with Crippen molar-refractivity contribution in [3.8, 4) is 5.75 Å². The van der Waals surface area contributed by atoms with E-state index in [2.05, 4.69) is 36.5 Å². The number of nitrogens with one attached hydrogen (secondary N) is 1. The third-order valence-electron chi connectivity index (χ3n) is 4.08. The van der Waals surface area contributed by atoms with Crippen LogP contribution >= 0.6 is 11.8 Å². The van der Waals surface area contributed by atoms with Gasteiger partial charge in [0.2, 0.25) is 5.91 Å². The summed E-state index contributed by atoms with van der Waals surface area (Å²) in [5, 5.41) is 2.91. The summed E-state index contributed by atoms with van der Waals surface area (Å²) in [7, 11) is 0. The molecule has 2 aromatic carbocycles. The van der Waals surface area contributed by atoms with Gasteiger partial charge in [-0.1, -0.05) is 29.8 Å². The van der Waals surface area contributed by atoms with Crippen LogP contribution in [0.3, 0.4) is 0 Å². The minimum absolute atomic E-state index is 0.0197. The summed E-state index contributed by atoms with van der Waals surface area (Å²) in [5.74, 6) is 1.33. The normalized spacial score (nSPS) is 13.1. The van der Waals surface area contributed by atoms with Gasteiger partial charge in [-0.3, -0.25) is 9.59 Å². The maximum atomic E-state index is 12.1. The van der Waals surface area contributed by atoms with Crippen molar-refractivity contribution in [3.63, 3.8) is 0 Å². The summed E-state index contributed by atoms with van der Waals surface area (Å²) in [5.41, 5.74) is 1.97. The molecule has 136 valence electrons. The molecule has 6 heteroatoms. The number of aryl methyl sites for hydroxylation is 1. The van der Waals surface area contributed by atoms with E-state index >= 15 is 0 Å². The molecule has 0 spiro atoms. The van der Waals surface area contributed by atoms with Crippen LogP contribution in [-0.4, -0.2) is 37.3 Å². The van der Waals surface area contributed by atoms with Crippen molar-refractivity contribution in [2.24, 2.45) is 0 Å². The number of amides is 2. The lowest BCUT2D eigenvalue weighted by atomic mass is 10.2. The highest BCUT2D eigenvalue weighted by molar-refractivity contribution is 7.99. The largest absolute Gasteiger partial charge is 0.482 e. The molecule has 26 heavy (non-hydrogen) atoms. The molecular weight excluding hydrogens is 348 g/mol. The Balaban J connectivity index is 1.41. The van der Waals surface area contributed by atoms with Gasteiger partial charge in [0.1, 0.15) is 5.75 Å². The zero-order chi connectivity index (χ0) is 18.4. The quantitative estimate of drug-likeness (QED) is 0.601. The van der Waals surface area contributed by atoms with Crippen molar-refractivity contribution >= 4 is 29.3 Å². The van der Waals surface area contributed by atoms with Crippen LogP contribution in [0.15, 0.2) is 53.4 Å². The van der Waals surface area contributed by atoms with Crippen LogP contribution in [0.1, 0.15) is 12.0 Å². The van der Waals surface area contributed by atoms with Crippen LogP contribution in [-0.2, 0) is 9.59 Å². The van der Waals surface area contributed by atoms with Gasteiger partial charge in [-0.05, 0) is 31.2 Å². The predicted molar refractivity (Wildman–Crippen MR) is 104 cm³/mol. The lowest BCUT2D eigenvalue weighted by molar-refractivity contribution is -0.122. The maximum absolute atomic E-state index is 12.1. The summed E-state index contributed by atoms with van der Waals surface area (Å²) < 4.78 is 5.41. The van der Waals surface area contributed by atoms with E-state index in [-0.39, 0.29) is 24.8 Å². The number of para-hydroxylation sites is 2. The Labute approximate surface area is 157 Å². The summed E-state index contributed by atoms with van der Waals surface area (Å²) in [6, 6.07) is 15.7. The molecule has 0 saturated carbocycles. The number of hydrogen-bond acceptors (Lipinski definition) is 4. The number of fused-ring (bicyclic) bond motifs is 1. The van der Waals surface area contributed by atoms with E-state index in [9.17, 15) is 9.59 Å². The molecule has 0 aromatic heterocycles. The van der Waals surface area contributed by atoms with Crippen LogP contribution in [0, 0.1) is 6.92 Å². The first kappa shape index (κ1) is 18.3. The van der Waals surface area contributed by atoms with Gasteiger partial charge < -0.3 is 15.0 Å². The highest BCUT2D eigenvalue weighted by Gasteiger charge is 2.25. The molecule has 1 aliphatic rings. The number of hydrogen-bond donors (Lipinski definition) is 1. The van der Waals surface area contributed by atoms with E-state index in [4.69, 9.17) is 4.74 Å². The molecule has 0 bridgehead atoms. The van der Waals surface area contributed by atoms with E-state index in [0.29, 0.717) is 18.8 Å². The van der Waals surface area contributed by atoms with Crippen LogP contribution in [0.4, 0.5) is 5.69 Å². The predicted octanol–water partition coefficient (Wildman–Crippen LogP) is 3.02. The number of ether oxygens (including phenoxy) is 1. The highest BCUT2D eigenvalue weighted by Crippen LogP contribution is 2.31. The van der Waals surface area contributed by atoms with E-state index in [1.165, 1.54) is 10.5 Å². The fraction of sp³-hybridized carbons (Fsp3) is 0.300. The van der Waals surface area contributed by atoms with Gasteiger partial charge in [0.05, 0.1) is 5.69 Å². The summed E-state index contributed by atoms with van der Waals surface area (Å²) in [6.07, 6.45) is 0.273. The first-order valence-corrected chi connectivity index (χ1v) is 9.60. The number of rotatable bonds is 7. The molecule has 5 nitrogen and oxygen atoms in total. The number of carbonyl (C=O) groups is 2. The van der Waals surface area contributed by atoms with Gasteiger partial charge in [-0.2, -0.15) is 0 Å². The second-order valence-electron chi connectivity index (χ2n) is 6.06. The lowest BCUT2D eigenvalue weighted by Gasteiger charge is -2.29. The average Bonchev–Trinajstić information content (AvgIpc) is 2.66. The summed E-state index contributed by atoms with van der Waals surface area (Å²) >= 11 is 1.71. The fourth-order valence-corrected chi connectivity index (χ4v) is 3.46. The van der Waals surface area contributed by atoms with Crippen molar-refractivity contribution < 1.29 is 14.3 Å². The summed E-state index contributed by atoms with van der Waals surface area (Å²) in [4.78, 5) is 27.0. The molecule has 0 saturated heterocycles. The third kappa shape index (κ3) is 4.79. The Kier molecular flexibility index (Phi) is 6.17. The van der Waals surface area contributed by atoms with Crippen LogP contribution in [0.25, 0.3) is 0 Å². The molecule has 0 aliphatic carbocycles. The monoisotopic (exact) mass is 370 g/mol. The standard InChI is InChI=1S/C20H22N2O3S/c1-15-6-8-16(9-7-15)26-13-11-21-19(23)10-12-22-17-4-2-3-5-18(17)25-14-20(22)24/h2-9H,10-14H2,1H3,(H,21,23). The van der Waals surface area contributed by atoms with Gasteiger partial charge >= 0.3 is 0 Å². The molecule has 0 fully saturated rings. The van der Waals surface area contributed by atoms with Crippen molar-refractivity contribution in [2.75, 3.05) is 30.3 Å². The molecule has 1 N–H and O–H groups in total. The first-order valence-electron chi connectivity index (χ1n) is 8.62. The van der Waals surface area contributed by atoms with Gasteiger partial charge in [-0.25, -0.2) is 0 Å². The van der Waals surface area contributed by atoms with Gasteiger partial charge in [-0.15, -0.1) is 11.8 Å². The molecule has 0 atom stereocenters. The van der Waals surface area contributed by atoms with Crippen LogP contribution in [0.2, 0.25) is 0 Å². The number of benzene rings is 2. The highest BCUT2D eigenvalue weighted by atomic mass is 32.2. The van der Waals surface area contributed by atoms with Crippen molar-refractivity contribution in [1.29, 1.82) is 0 Å². The zero-order valence-corrected chi connectivity index (χ0v) is 15.6. The smallest absolute Gasteiger partial charge is 0.265 e. The summed E-state index contributed by atoms with van der Waals surface area (Å²) in [6.45, 7) is 3.04. The van der Waals surface area contributed by atoms with E-state index in [0.717, 1.165) is 11.4 Å². The molecule has 3 rings (SSSR count). The van der Waals surface area contributed by atoms with Crippen LogP contribution in [0.5, 0.6) is 5.75 Å². The Bertz CT molecular complexity index is 777. The second kappa shape index (κ2) is 8.76. The van der Waals surface area contributed by atoms with E-state index < -0.39 is 0 Å². The molecule has 2 amide bonds. The number of carbonyl (C=O) groups excluding carboxylic acids is 2. The SMILES string of the molecule is Cc1ccc(SCCNC(=O)CCN2C(=O)COc3ccccc32)cc1. The second-order valence-corrected chi connectivity index (χ2v) is 7.23. The lowest BCUT2D eigenvalue weighted by Crippen LogP contribution is -2.41. The number of thioether (sulfide) groups is 1. The Morgan fingerprint density at radius 2 is 1.96 bits per heavy atom. The molecule has 2 aromatic rings. The molecule has 1 aliphatic heterocycles. The Morgan fingerprint density at radius 3 is 2.77 bits per heavy atom. The number of nitrogens with zero attached hydrogens (tertiary/aromatic N) is 1. The molecule has 0 unspecified atom stereocenters. The molecule has 0 radical (unpaired) electrons. The molecular formula is C20H22N2O3S. The third-order valence-corrected chi connectivity index (χ3v) is 5.10. The molecule has 1 heterocycles. The van der Waals surface area contributed by atoms with Crippen molar-refractivity contribution in [3.05, 3.63) is 54.1 Å². The zero-order valence-electron chi connectivity index (χ0n) is 14.7. The number of anilines is 1. The average molecular weight is 370 g/mol. The minimum Gasteiger partial charge on any atom is -0.482 e. The minimum atomic E-state index is -0.119. The van der Waals surface area contributed by atoms with E-state index in [1.807, 2.05) is 24.3 Å². The topological polar surface area (TPSA) is 58.6 Å². The Hall–Kier alpha value is -2.47. The fourth-order valence-electron chi connectivity index (χ4n) is 2.69. The van der Waals surface area contributed by atoms with Gasteiger partial charge in [0, 0.05) is 30.2 Å². The van der Waals surface area contributed by atoms with Crippen molar-refractivity contribution in [1.82, 2.24) is 5.32 Å². The van der Waals surface area contributed by atoms with Crippen molar-refractivity contribution in [2.45, 2.75) is 18.2 Å². The Morgan fingerprint density at radius 1 is 1.19 bits per heavy atom. The van der Waals surface area contributed by atoms with Gasteiger partial charge in [0.25, 0.3) is 5.91 Å². The van der Waals surface area contributed by atoms with E-state index in [1.54, 1.807) is 16.7 Å².